The maximum absolute atomic E-state index is 5.45. The van der Waals surface area contributed by atoms with Gasteiger partial charge in [-0.25, -0.2) is 4.98 Å². The molecule has 0 amide bonds. The second-order valence-electron chi connectivity index (χ2n) is 4.69. The van der Waals surface area contributed by atoms with Crippen molar-refractivity contribution in [1.82, 2.24) is 9.55 Å². The minimum Gasteiger partial charge on any atom is -0.496 e. The van der Waals surface area contributed by atoms with Crippen molar-refractivity contribution >= 4 is 27.0 Å². The Kier molecular flexibility index (Phi) is 3.49. The summed E-state index contributed by atoms with van der Waals surface area (Å²) in [6.45, 7) is 2.78. The molecule has 0 unspecified atom stereocenters. The van der Waals surface area contributed by atoms with Crippen LogP contribution in [0.2, 0.25) is 0 Å². The number of aryl methyl sites for hydroxylation is 1. The molecule has 0 aliphatic carbocycles. The minimum atomic E-state index is 0.745. The number of hydrogen-bond donors (Lipinski definition) is 0. The van der Waals surface area contributed by atoms with Gasteiger partial charge in [0.2, 0.25) is 0 Å². The van der Waals surface area contributed by atoms with E-state index >= 15 is 0 Å². The summed E-state index contributed by atoms with van der Waals surface area (Å²) in [6, 6.07) is 14.2. The van der Waals surface area contributed by atoms with Crippen LogP contribution in [0.4, 0.5) is 0 Å². The molecule has 0 fully saturated rings. The molecule has 20 heavy (non-hydrogen) atoms. The second kappa shape index (κ2) is 5.29. The molecule has 0 atom stereocenters. The monoisotopic (exact) mass is 330 g/mol. The third-order valence-electron chi connectivity index (χ3n) is 3.42. The van der Waals surface area contributed by atoms with Crippen molar-refractivity contribution in [1.29, 1.82) is 0 Å². The number of hydrogen-bond acceptors (Lipinski definition) is 2. The fourth-order valence-electron chi connectivity index (χ4n) is 2.44. The highest BCUT2D eigenvalue weighted by Crippen LogP contribution is 2.26. The summed E-state index contributed by atoms with van der Waals surface area (Å²) in [5, 5.41) is 0. The van der Waals surface area contributed by atoms with Gasteiger partial charge in [-0.3, -0.25) is 0 Å². The minimum absolute atomic E-state index is 0.745. The molecule has 3 nitrogen and oxygen atoms in total. The normalized spacial score (nSPS) is 10.9. The molecule has 102 valence electrons. The van der Waals surface area contributed by atoms with Gasteiger partial charge in [-0.2, -0.15) is 0 Å². The lowest BCUT2D eigenvalue weighted by atomic mass is 10.2. The predicted molar refractivity (Wildman–Crippen MR) is 84.3 cm³/mol. The van der Waals surface area contributed by atoms with Crippen LogP contribution in [0.5, 0.6) is 5.75 Å². The van der Waals surface area contributed by atoms with E-state index in [1.165, 1.54) is 0 Å². The first-order chi connectivity index (χ1) is 9.69. The van der Waals surface area contributed by atoms with E-state index in [1.807, 2.05) is 37.3 Å². The van der Waals surface area contributed by atoms with Gasteiger partial charge in [0.05, 0.1) is 24.7 Å². The van der Waals surface area contributed by atoms with E-state index in [9.17, 15) is 0 Å². The number of ether oxygens (including phenoxy) is 1. The van der Waals surface area contributed by atoms with E-state index in [0.717, 1.165) is 39.2 Å². The summed E-state index contributed by atoms with van der Waals surface area (Å²) in [4.78, 5) is 4.60. The second-order valence-corrected chi connectivity index (χ2v) is 5.61. The lowest BCUT2D eigenvalue weighted by Gasteiger charge is -2.11. The fraction of sp³-hybridized carbons (Fsp3) is 0.188. The Morgan fingerprint density at radius 1 is 1.20 bits per heavy atom. The molecule has 0 radical (unpaired) electrons. The molecule has 0 N–H and O–H groups in total. The smallest absolute Gasteiger partial charge is 0.123 e. The third kappa shape index (κ3) is 2.31. The summed E-state index contributed by atoms with van der Waals surface area (Å²) in [5.41, 5.74) is 3.30. The number of halogens is 1. The number of aromatic nitrogens is 2. The molecule has 0 spiro atoms. The molecule has 0 bridgehead atoms. The van der Waals surface area contributed by atoms with Crippen LogP contribution in [0.1, 0.15) is 11.4 Å². The average Bonchev–Trinajstić information content (AvgIpc) is 2.76. The van der Waals surface area contributed by atoms with Crippen LogP contribution in [0.25, 0.3) is 11.0 Å². The van der Waals surface area contributed by atoms with Gasteiger partial charge in [-0.15, -0.1) is 0 Å². The molecule has 3 aromatic rings. The first kappa shape index (κ1) is 13.2. The maximum atomic E-state index is 5.45. The number of imidazole rings is 1. The number of nitrogens with zero attached hydrogens (tertiary/aromatic N) is 2. The van der Waals surface area contributed by atoms with Crippen molar-refractivity contribution in [2.24, 2.45) is 0 Å². The fourth-order valence-corrected chi connectivity index (χ4v) is 2.85. The Morgan fingerprint density at radius 3 is 2.80 bits per heavy atom. The van der Waals surface area contributed by atoms with Gasteiger partial charge >= 0.3 is 0 Å². The molecular weight excluding hydrogens is 316 g/mol. The zero-order valence-electron chi connectivity index (χ0n) is 11.4. The van der Waals surface area contributed by atoms with Gasteiger partial charge in [0, 0.05) is 10.0 Å². The summed E-state index contributed by atoms with van der Waals surface area (Å²) in [5.74, 6) is 1.90. The topological polar surface area (TPSA) is 27.1 Å². The quantitative estimate of drug-likeness (QED) is 0.720. The largest absolute Gasteiger partial charge is 0.496 e. The average molecular weight is 331 g/mol. The van der Waals surface area contributed by atoms with Crippen LogP contribution in [0.15, 0.2) is 46.9 Å². The SMILES string of the molecule is COc1ccc(Br)cc1Cn1c(C)nc2ccccc21. The highest BCUT2D eigenvalue weighted by Gasteiger charge is 2.10. The molecule has 1 aromatic heterocycles. The Balaban J connectivity index is 2.09. The van der Waals surface area contributed by atoms with Crippen molar-refractivity contribution in [3.8, 4) is 5.75 Å². The van der Waals surface area contributed by atoms with Gasteiger partial charge in [0.1, 0.15) is 11.6 Å². The Hall–Kier alpha value is -1.81. The first-order valence-electron chi connectivity index (χ1n) is 6.43. The van der Waals surface area contributed by atoms with E-state index in [2.05, 4.69) is 37.6 Å². The molecule has 3 rings (SSSR count). The third-order valence-corrected chi connectivity index (χ3v) is 3.91. The van der Waals surface area contributed by atoms with Crippen LogP contribution in [-0.2, 0) is 6.54 Å². The lowest BCUT2D eigenvalue weighted by Crippen LogP contribution is -2.03. The molecule has 0 aliphatic rings. The molecule has 0 saturated carbocycles. The van der Waals surface area contributed by atoms with E-state index in [1.54, 1.807) is 7.11 Å². The van der Waals surface area contributed by atoms with Crippen LogP contribution in [-0.4, -0.2) is 16.7 Å². The Labute approximate surface area is 126 Å². The van der Waals surface area contributed by atoms with Crippen molar-refractivity contribution in [3.63, 3.8) is 0 Å². The molecule has 1 heterocycles. The number of para-hydroxylation sites is 2. The molecule has 0 aliphatic heterocycles. The van der Waals surface area contributed by atoms with Crippen molar-refractivity contribution in [3.05, 3.63) is 58.3 Å². The van der Waals surface area contributed by atoms with Crippen molar-refractivity contribution in [2.75, 3.05) is 7.11 Å². The maximum Gasteiger partial charge on any atom is 0.123 e. The molecule has 4 heteroatoms. The number of fused-ring (bicyclic) bond motifs is 1. The number of rotatable bonds is 3. The van der Waals surface area contributed by atoms with Gasteiger partial charge < -0.3 is 9.30 Å². The predicted octanol–water partition coefficient (Wildman–Crippen LogP) is 4.16. The Bertz CT molecular complexity index is 764. The van der Waals surface area contributed by atoms with E-state index in [-0.39, 0.29) is 0 Å². The van der Waals surface area contributed by atoms with Crippen LogP contribution in [0, 0.1) is 6.92 Å². The van der Waals surface area contributed by atoms with E-state index < -0.39 is 0 Å². The first-order valence-corrected chi connectivity index (χ1v) is 7.22. The summed E-state index contributed by atoms with van der Waals surface area (Å²) >= 11 is 3.52. The number of methoxy groups -OCH3 is 1. The molecular formula is C16H15BrN2O. The van der Waals surface area contributed by atoms with Gasteiger partial charge in [-0.05, 0) is 37.3 Å². The zero-order valence-corrected chi connectivity index (χ0v) is 13.0. The summed E-state index contributed by atoms with van der Waals surface area (Å²) in [6.07, 6.45) is 0. The van der Waals surface area contributed by atoms with Crippen molar-refractivity contribution < 1.29 is 4.74 Å². The highest BCUT2D eigenvalue weighted by atomic mass is 79.9. The van der Waals surface area contributed by atoms with E-state index in [4.69, 9.17) is 4.74 Å². The molecule has 2 aromatic carbocycles. The van der Waals surface area contributed by atoms with Crippen LogP contribution in [0.3, 0.4) is 0 Å². The van der Waals surface area contributed by atoms with Gasteiger partial charge in [0.15, 0.2) is 0 Å². The van der Waals surface area contributed by atoms with Crippen LogP contribution < -0.4 is 4.74 Å². The number of benzene rings is 2. The molecule has 0 saturated heterocycles. The highest BCUT2D eigenvalue weighted by molar-refractivity contribution is 9.10. The van der Waals surface area contributed by atoms with E-state index in [0.29, 0.717) is 0 Å². The summed E-state index contributed by atoms with van der Waals surface area (Å²) in [7, 11) is 1.70. The van der Waals surface area contributed by atoms with Gasteiger partial charge in [0.25, 0.3) is 0 Å². The van der Waals surface area contributed by atoms with Crippen molar-refractivity contribution in [2.45, 2.75) is 13.5 Å². The lowest BCUT2D eigenvalue weighted by molar-refractivity contribution is 0.408. The summed E-state index contributed by atoms with van der Waals surface area (Å²) < 4.78 is 8.71. The Morgan fingerprint density at radius 2 is 2.00 bits per heavy atom. The van der Waals surface area contributed by atoms with Gasteiger partial charge in [-0.1, -0.05) is 28.1 Å². The zero-order chi connectivity index (χ0) is 14.1. The van der Waals surface area contributed by atoms with Crippen LogP contribution >= 0.6 is 15.9 Å². The standard InChI is InChI=1S/C16H15BrN2O/c1-11-18-14-5-3-4-6-15(14)19(11)10-12-9-13(17)7-8-16(12)20-2/h3-9H,10H2,1-2H3.